The molecule has 0 bridgehead atoms. The number of nitrogens with zero attached hydrogens (tertiary/aromatic N) is 3. The van der Waals surface area contributed by atoms with E-state index in [0.717, 1.165) is 38.8 Å². The molecule has 2 fully saturated rings. The first-order valence-electron chi connectivity index (χ1n) is 9.29. The summed E-state index contributed by atoms with van der Waals surface area (Å²) >= 11 is 0. The van der Waals surface area contributed by atoms with Crippen LogP contribution in [-0.2, 0) is 14.3 Å². The van der Waals surface area contributed by atoms with Gasteiger partial charge in [-0.15, -0.1) is 0 Å². The van der Waals surface area contributed by atoms with Gasteiger partial charge in [-0.05, 0) is 44.7 Å². The number of hydrogen-bond donors (Lipinski definition) is 0. The number of aromatic nitrogens is 1. The molecule has 0 N–H and O–H groups in total. The fourth-order valence-corrected chi connectivity index (χ4v) is 3.79. The highest BCUT2D eigenvalue weighted by Crippen LogP contribution is 2.26. The molecule has 2 aliphatic rings. The van der Waals surface area contributed by atoms with Crippen molar-refractivity contribution < 1.29 is 14.3 Å². The van der Waals surface area contributed by atoms with Crippen LogP contribution in [0.3, 0.4) is 0 Å². The summed E-state index contributed by atoms with van der Waals surface area (Å²) in [5, 5.41) is 0. The Morgan fingerprint density at radius 2 is 1.64 bits per heavy atom. The number of pyridine rings is 1. The molecule has 2 saturated heterocycles. The largest absolute Gasteiger partial charge is 0.466 e. The van der Waals surface area contributed by atoms with Crippen molar-refractivity contribution in [1.82, 2.24) is 9.88 Å². The Morgan fingerprint density at radius 1 is 1.04 bits per heavy atom. The summed E-state index contributed by atoms with van der Waals surface area (Å²) in [6.07, 6.45) is 6.83. The SMILES string of the molecule is CCOC(=O)C1CCN(C(=O)C2CCN(c3ccncc3)CC2)CC1. The van der Waals surface area contributed by atoms with E-state index in [0.29, 0.717) is 19.7 Å². The molecule has 136 valence electrons. The van der Waals surface area contributed by atoms with E-state index in [1.807, 2.05) is 24.0 Å². The average molecular weight is 345 g/mol. The van der Waals surface area contributed by atoms with Crippen molar-refractivity contribution >= 4 is 17.6 Å². The average Bonchev–Trinajstić information content (AvgIpc) is 2.68. The van der Waals surface area contributed by atoms with Gasteiger partial charge in [0, 0.05) is 50.2 Å². The number of carbonyl (C=O) groups excluding carboxylic acids is 2. The molecule has 1 aromatic heterocycles. The maximum atomic E-state index is 12.8. The molecule has 0 aliphatic carbocycles. The van der Waals surface area contributed by atoms with Crippen LogP contribution in [0.2, 0.25) is 0 Å². The number of piperidine rings is 2. The molecule has 6 heteroatoms. The monoisotopic (exact) mass is 345 g/mol. The molecule has 0 unspecified atom stereocenters. The molecule has 1 aromatic rings. The molecule has 2 aliphatic heterocycles. The molecular weight excluding hydrogens is 318 g/mol. The maximum absolute atomic E-state index is 12.8. The summed E-state index contributed by atoms with van der Waals surface area (Å²) < 4.78 is 5.09. The van der Waals surface area contributed by atoms with Crippen molar-refractivity contribution in [3.63, 3.8) is 0 Å². The number of anilines is 1. The number of esters is 1. The van der Waals surface area contributed by atoms with Crippen molar-refractivity contribution in [3.8, 4) is 0 Å². The van der Waals surface area contributed by atoms with E-state index < -0.39 is 0 Å². The van der Waals surface area contributed by atoms with Crippen molar-refractivity contribution in [3.05, 3.63) is 24.5 Å². The smallest absolute Gasteiger partial charge is 0.309 e. The third-order valence-electron chi connectivity index (χ3n) is 5.30. The number of likely N-dealkylation sites (tertiary alicyclic amines) is 1. The molecule has 3 heterocycles. The first-order valence-corrected chi connectivity index (χ1v) is 9.29. The Balaban J connectivity index is 1.46. The predicted octanol–water partition coefficient (Wildman–Crippen LogP) is 2.10. The highest BCUT2D eigenvalue weighted by molar-refractivity contribution is 5.80. The van der Waals surface area contributed by atoms with Gasteiger partial charge in [-0.3, -0.25) is 14.6 Å². The van der Waals surface area contributed by atoms with Gasteiger partial charge in [0.1, 0.15) is 0 Å². The highest BCUT2D eigenvalue weighted by Gasteiger charge is 2.33. The Morgan fingerprint density at radius 3 is 2.24 bits per heavy atom. The molecule has 25 heavy (non-hydrogen) atoms. The van der Waals surface area contributed by atoms with Crippen LogP contribution >= 0.6 is 0 Å². The fourth-order valence-electron chi connectivity index (χ4n) is 3.79. The predicted molar refractivity (Wildman–Crippen MR) is 95.1 cm³/mol. The van der Waals surface area contributed by atoms with Gasteiger partial charge in [-0.2, -0.15) is 0 Å². The van der Waals surface area contributed by atoms with Gasteiger partial charge in [0.15, 0.2) is 0 Å². The van der Waals surface area contributed by atoms with Gasteiger partial charge in [0.2, 0.25) is 5.91 Å². The number of rotatable bonds is 4. The van der Waals surface area contributed by atoms with E-state index >= 15 is 0 Å². The summed E-state index contributed by atoms with van der Waals surface area (Å²) in [4.78, 5) is 32.9. The second-order valence-corrected chi connectivity index (χ2v) is 6.82. The quantitative estimate of drug-likeness (QED) is 0.782. The van der Waals surface area contributed by atoms with Crippen molar-refractivity contribution in [1.29, 1.82) is 0 Å². The molecule has 0 radical (unpaired) electrons. The molecule has 0 aromatic carbocycles. The Bertz CT molecular complexity index is 577. The number of hydrogen-bond acceptors (Lipinski definition) is 5. The van der Waals surface area contributed by atoms with Crippen LogP contribution in [0.4, 0.5) is 5.69 Å². The minimum absolute atomic E-state index is 0.0439. The topological polar surface area (TPSA) is 62.7 Å². The minimum atomic E-state index is -0.111. The van der Waals surface area contributed by atoms with E-state index in [2.05, 4.69) is 9.88 Å². The summed E-state index contributed by atoms with van der Waals surface area (Å²) in [5.41, 5.74) is 1.18. The summed E-state index contributed by atoms with van der Waals surface area (Å²) in [7, 11) is 0. The van der Waals surface area contributed by atoms with Crippen LogP contribution in [0, 0.1) is 11.8 Å². The molecule has 6 nitrogen and oxygen atoms in total. The van der Waals surface area contributed by atoms with Gasteiger partial charge in [0.25, 0.3) is 0 Å². The number of carbonyl (C=O) groups is 2. The van der Waals surface area contributed by atoms with Crippen LogP contribution in [0.25, 0.3) is 0 Å². The molecule has 0 saturated carbocycles. The van der Waals surface area contributed by atoms with Gasteiger partial charge >= 0.3 is 5.97 Å². The van der Waals surface area contributed by atoms with Crippen LogP contribution in [0.1, 0.15) is 32.6 Å². The van der Waals surface area contributed by atoms with E-state index in [4.69, 9.17) is 4.74 Å². The molecule has 0 atom stereocenters. The lowest BCUT2D eigenvalue weighted by Crippen LogP contribution is -2.46. The molecule has 0 spiro atoms. The third kappa shape index (κ3) is 4.30. The normalized spacial score (nSPS) is 19.7. The second-order valence-electron chi connectivity index (χ2n) is 6.82. The third-order valence-corrected chi connectivity index (χ3v) is 5.30. The van der Waals surface area contributed by atoms with Gasteiger partial charge in [-0.1, -0.05) is 0 Å². The minimum Gasteiger partial charge on any atom is -0.466 e. The second kappa shape index (κ2) is 8.32. The Labute approximate surface area is 149 Å². The lowest BCUT2D eigenvalue weighted by molar-refractivity contribution is -0.151. The van der Waals surface area contributed by atoms with E-state index in [1.54, 1.807) is 12.4 Å². The summed E-state index contributed by atoms with van der Waals surface area (Å²) in [6.45, 7) is 5.40. The van der Waals surface area contributed by atoms with E-state index in [1.165, 1.54) is 5.69 Å². The van der Waals surface area contributed by atoms with E-state index in [9.17, 15) is 9.59 Å². The van der Waals surface area contributed by atoms with Gasteiger partial charge < -0.3 is 14.5 Å². The highest BCUT2D eigenvalue weighted by atomic mass is 16.5. The van der Waals surface area contributed by atoms with Crippen LogP contribution in [0.15, 0.2) is 24.5 Å². The lowest BCUT2D eigenvalue weighted by atomic mass is 9.92. The zero-order valence-corrected chi connectivity index (χ0v) is 14.9. The Kier molecular flexibility index (Phi) is 5.89. The molecular formula is C19H27N3O3. The molecule has 3 rings (SSSR count). The van der Waals surface area contributed by atoms with Gasteiger partial charge in [0.05, 0.1) is 12.5 Å². The first-order chi connectivity index (χ1) is 12.2. The van der Waals surface area contributed by atoms with Crippen molar-refractivity contribution in [2.45, 2.75) is 32.6 Å². The maximum Gasteiger partial charge on any atom is 0.309 e. The van der Waals surface area contributed by atoms with Crippen molar-refractivity contribution in [2.24, 2.45) is 11.8 Å². The standard InChI is InChI=1S/C19H27N3O3/c1-2-25-19(24)16-7-13-22(14-8-16)18(23)15-5-11-21(12-6-15)17-3-9-20-10-4-17/h3-4,9-10,15-16H,2,5-8,11-14H2,1H3. The zero-order chi connectivity index (χ0) is 17.6. The van der Waals surface area contributed by atoms with Crippen LogP contribution < -0.4 is 4.90 Å². The first kappa shape index (κ1) is 17.7. The van der Waals surface area contributed by atoms with E-state index in [-0.39, 0.29) is 23.7 Å². The van der Waals surface area contributed by atoms with Crippen LogP contribution in [-0.4, -0.2) is 54.5 Å². The molecule has 1 amide bonds. The van der Waals surface area contributed by atoms with Gasteiger partial charge in [-0.25, -0.2) is 0 Å². The lowest BCUT2D eigenvalue weighted by Gasteiger charge is -2.37. The number of ether oxygens (including phenoxy) is 1. The summed E-state index contributed by atoms with van der Waals surface area (Å²) in [6, 6.07) is 4.03. The Hall–Kier alpha value is -2.11. The zero-order valence-electron chi connectivity index (χ0n) is 14.9. The fraction of sp³-hybridized carbons (Fsp3) is 0.632. The summed E-state index contributed by atoms with van der Waals surface area (Å²) in [5.74, 6) is 0.215. The van der Waals surface area contributed by atoms with Crippen LogP contribution in [0.5, 0.6) is 0 Å². The van der Waals surface area contributed by atoms with Crippen molar-refractivity contribution in [2.75, 3.05) is 37.7 Å². The number of amides is 1.